The molecule has 0 aliphatic carbocycles. The molecule has 2 heteroatoms. The third-order valence-electron chi connectivity index (χ3n) is 1.14. The fourth-order valence-corrected chi connectivity index (χ4v) is 0.304. The number of hydrogen-bond acceptors (Lipinski definition) is 1. The lowest BCUT2D eigenvalue weighted by atomic mass is 10.5. The highest BCUT2D eigenvalue weighted by molar-refractivity contribution is 4.86. The first-order valence-corrected chi connectivity index (χ1v) is 2.58. The summed E-state index contributed by atoms with van der Waals surface area (Å²) in [6.45, 7) is 6.82. The minimum absolute atomic E-state index is 0.750. The molecule has 0 heterocycles. The average Bonchev–Trinajstić information content (AvgIpc) is 1.64. The van der Waals surface area contributed by atoms with Crippen LogP contribution < -0.4 is 0 Å². The highest BCUT2D eigenvalue weighted by atomic mass is 19.1. The predicted molar refractivity (Wildman–Crippen MR) is 33.1 cm³/mol. The Hall–Kier alpha value is -0.530. The number of rotatable bonds is 2. The molecule has 0 aliphatic heterocycles. The summed E-state index contributed by atoms with van der Waals surface area (Å²) in [5.74, 6) is 0. The average molecular weight is 117 g/mol. The van der Waals surface area contributed by atoms with E-state index in [1.54, 1.807) is 14.0 Å². The van der Waals surface area contributed by atoms with Gasteiger partial charge in [0.05, 0.1) is 0 Å². The van der Waals surface area contributed by atoms with Gasteiger partial charge in [-0.25, -0.2) is 4.39 Å². The molecule has 0 fully saturated rings. The van der Waals surface area contributed by atoms with E-state index in [1.165, 1.54) is 11.8 Å². The van der Waals surface area contributed by atoms with Crippen LogP contribution in [0.1, 0.15) is 13.8 Å². The SMILES string of the molecule is C=C(C)N(C)[C@@H](C)F. The highest BCUT2D eigenvalue weighted by Crippen LogP contribution is 2.02. The first-order valence-electron chi connectivity index (χ1n) is 2.58. The van der Waals surface area contributed by atoms with Crippen molar-refractivity contribution in [2.75, 3.05) is 7.05 Å². The zero-order chi connectivity index (χ0) is 6.73. The number of alkyl halides is 1. The summed E-state index contributed by atoms with van der Waals surface area (Å²) in [5.41, 5.74) is 0.750. The fourth-order valence-electron chi connectivity index (χ4n) is 0.304. The Morgan fingerprint density at radius 1 is 1.75 bits per heavy atom. The summed E-state index contributed by atoms with van der Waals surface area (Å²) in [6.07, 6.45) is -0.924. The molecule has 0 aromatic rings. The van der Waals surface area contributed by atoms with Crippen molar-refractivity contribution in [3.63, 3.8) is 0 Å². The van der Waals surface area contributed by atoms with Gasteiger partial charge in [0.25, 0.3) is 0 Å². The van der Waals surface area contributed by atoms with Gasteiger partial charge in [-0.15, -0.1) is 0 Å². The van der Waals surface area contributed by atoms with Crippen molar-refractivity contribution in [3.8, 4) is 0 Å². The maximum atomic E-state index is 12.2. The molecule has 0 N–H and O–H groups in total. The first-order chi connectivity index (χ1) is 3.55. The monoisotopic (exact) mass is 117 g/mol. The molecule has 0 saturated heterocycles. The quantitative estimate of drug-likeness (QED) is 0.498. The lowest BCUT2D eigenvalue weighted by molar-refractivity contribution is 0.166. The van der Waals surface area contributed by atoms with Crippen LogP contribution in [0.25, 0.3) is 0 Å². The zero-order valence-corrected chi connectivity index (χ0v) is 5.61. The van der Waals surface area contributed by atoms with Gasteiger partial charge in [-0.2, -0.15) is 0 Å². The van der Waals surface area contributed by atoms with Crippen LogP contribution >= 0.6 is 0 Å². The molecule has 0 aromatic heterocycles. The van der Waals surface area contributed by atoms with Crippen molar-refractivity contribution in [1.29, 1.82) is 0 Å². The second-order valence-electron chi connectivity index (χ2n) is 1.92. The first kappa shape index (κ1) is 7.47. The normalized spacial score (nSPS) is 13.0. The highest BCUT2D eigenvalue weighted by Gasteiger charge is 2.02. The van der Waals surface area contributed by atoms with Gasteiger partial charge in [0.2, 0.25) is 0 Å². The van der Waals surface area contributed by atoms with E-state index in [-0.39, 0.29) is 0 Å². The van der Waals surface area contributed by atoms with Gasteiger partial charge < -0.3 is 4.90 Å². The fraction of sp³-hybridized carbons (Fsp3) is 0.667. The minimum Gasteiger partial charge on any atom is -0.350 e. The molecule has 0 bridgehead atoms. The molecule has 0 amide bonds. The van der Waals surface area contributed by atoms with Gasteiger partial charge in [0.1, 0.15) is 0 Å². The molecule has 0 radical (unpaired) electrons. The third kappa shape index (κ3) is 1.96. The van der Waals surface area contributed by atoms with Gasteiger partial charge >= 0.3 is 0 Å². The van der Waals surface area contributed by atoms with Crippen molar-refractivity contribution in [2.45, 2.75) is 20.1 Å². The van der Waals surface area contributed by atoms with E-state index >= 15 is 0 Å². The van der Waals surface area contributed by atoms with Crippen LogP contribution in [0.3, 0.4) is 0 Å². The zero-order valence-electron chi connectivity index (χ0n) is 5.61. The van der Waals surface area contributed by atoms with Crippen LogP contribution in [0.2, 0.25) is 0 Å². The molecular weight excluding hydrogens is 105 g/mol. The standard InChI is InChI=1S/C6H12FN/c1-5(2)8(4)6(3)7/h6H,1H2,2-4H3/t6-/m0/s1. The largest absolute Gasteiger partial charge is 0.350 e. The summed E-state index contributed by atoms with van der Waals surface area (Å²) < 4.78 is 12.2. The summed E-state index contributed by atoms with van der Waals surface area (Å²) in [7, 11) is 1.67. The third-order valence-corrected chi connectivity index (χ3v) is 1.14. The molecule has 0 aliphatic rings. The smallest absolute Gasteiger partial charge is 0.169 e. The second-order valence-corrected chi connectivity index (χ2v) is 1.92. The van der Waals surface area contributed by atoms with Crippen LogP contribution in [0.15, 0.2) is 12.3 Å². The Balaban J connectivity index is 3.64. The van der Waals surface area contributed by atoms with E-state index in [0.29, 0.717) is 0 Å². The van der Waals surface area contributed by atoms with E-state index in [0.717, 1.165) is 5.70 Å². The van der Waals surface area contributed by atoms with Gasteiger partial charge in [-0.3, -0.25) is 0 Å². The van der Waals surface area contributed by atoms with Gasteiger partial charge in [0, 0.05) is 12.7 Å². The van der Waals surface area contributed by atoms with Crippen LogP contribution in [0.5, 0.6) is 0 Å². The molecule has 1 nitrogen and oxygen atoms in total. The molecule has 8 heavy (non-hydrogen) atoms. The number of halogens is 1. The lowest BCUT2D eigenvalue weighted by Crippen LogP contribution is -2.22. The Morgan fingerprint density at radius 2 is 2.12 bits per heavy atom. The van der Waals surface area contributed by atoms with E-state index in [4.69, 9.17) is 0 Å². The minimum atomic E-state index is -0.924. The number of allylic oxidation sites excluding steroid dienone is 1. The van der Waals surface area contributed by atoms with E-state index < -0.39 is 6.30 Å². The van der Waals surface area contributed by atoms with Crippen LogP contribution in [-0.2, 0) is 0 Å². The summed E-state index contributed by atoms with van der Waals surface area (Å²) in [4.78, 5) is 1.47. The van der Waals surface area contributed by atoms with Crippen LogP contribution in [0.4, 0.5) is 4.39 Å². The lowest BCUT2D eigenvalue weighted by Gasteiger charge is -2.19. The Labute approximate surface area is 49.8 Å². The van der Waals surface area contributed by atoms with E-state index in [1.807, 2.05) is 0 Å². The van der Waals surface area contributed by atoms with Crippen molar-refractivity contribution in [3.05, 3.63) is 12.3 Å². The number of nitrogens with zero attached hydrogens (tertiary/aromatic N) is 1. The van der Waals surface area contributed by atoms with Gasteiger partial charge in [-0.1, -0.05) is 6.58 Å². The molecule has 0 spiro atoms. The summed E-state index contributed by atoms with van der Waals surface area (Å²) >= 11 is 0. The van der Waals surface area contributed by atoms with Crippen LogP contribution in [-0.4, -0.2) is 18.2 Å². The maximum absolute atomic E-state index is 12.2. The van der Waals surface area contributed by atoms with Crippen molar-refractivity contribution >= 4 is 0 Å². The maximum Gasteiger partial charge on any atom is 0.169 e. The Kier molecular flexibility index (Phi) is 2.52. The molecule has 0 aromatic carbocycles. The van der Waals surface area contributed by atoms with E-state index in [9.17, 15) is 4.39 Å². The molecule has 1 atom stereocenters. The Morgan fingerprint density at radius 3 is 2.12 bits per heavy atom. The van der Waals surface area contributed by atoms with Crippen molar-refractivity contribution in [1.82, 2.24) is 4.90 Å². The summed E-state index contributed by atoms with van der Waals surface area (Å²) in [6, 6.07) is 0. The predicted octanol–water partition coefficient (Wildman–Crippen LogP) is 1.77. The molecule has 0 unspecified atom stereocenters. The number of hydrogen-bond donors (Lipinski definition) is 0. The van der Waals surface area contributed by atoms with Gasteiger partial charge in [0.15, 0.2) is 6.30 Å². The summed E-state index contributed by atoms with van der Waals surface area (Å²) in [5, 5.41) is 0. The van der Waals surface area contributed by atoms with Crippen LogP contribution in [0, 0.1) is 0 Å². The van der Waals surface area contributed by atoms with Gasteiger partial charge in [-0.05, 0) is 13.8 Å². The van der Waals surface area contributed by atoms with E-state index in [2.05, 4.69) is 6.58 Å². The topological polar surface area (TPSA) is 3.24 Å². The molecule has 0 rings (SSSR count). The van der Waals surface area contributed by atoms with Crippen molar-refractivity contribution in [2.24, 2.45) is 0 Å². The van der Waals surface area contributed by atoms with Crippen molar-refractivity contribution < 1.29 is 4.39 Å². The molecule has 0 saturated carbocycles. The molecule has 48 valence electrons. The second kappa shape index (κ2) is 2.70. The molecular formula is C6H12FN. The Bertz CT molecular complexity index is 88.5.